The van der Waals surface area contributed by atoms with Crippen LogP contribution in [0.15, 0.2) is 23.1 Å². The highest BCUT2D eigenvalue weighted by Crippen LogP contribution is 2.34. The maximum Gasteiger partial charge on any atom is 0.259 e. The van der Waals surface area contributed by atoms with Crippen LogP contribution in [0.5, 0.6) is 11.5 Å². The third-order valence-corrected chi connectivity index (χ3v) is 6.81. The third-order valence-electron chi connectivity index (χ3n) is 6.81. The van der Waals surface area contributed by atoms with Gasteiger partial charge in [-0.1, -0.05) is 33.6 Å². The van der Waals surface area contributed by atoms with Crippen molar-refractivity contribution in [3.63, 3.8) is 0 Å². The Kier molecular flexibility index (Phi) is 11.5. The van der Waals surface area contributed by atoms with Crippen molar-refractivity contribution in [2.45, 2.75) is 65.1 Å². The fourth-order valence-corrected chi connectivity index (χ4v) is 4.49. The van der Waals surface area contributed by atoms with Crippen LogP contribution >= 0.6 is 0 Å². The van der Waals surface area contributed by atoms with Crippen molar-refractivity contribution in [1.82, 2.24) is 20.1 Å². The Morgan fingerprint density at radius 1 is 1.11 bits per heavy atom. The van der Waals surface area contributed by atoms with Gasteiger partial charge in [-0.2, -0.15) is 0 Å². The lowest BCUT2D eigenvalue weighted by Gasteiger charge is -2.24. The molecule has 2 N–H and O–H groups in total. The quantitative estimate of drug-likeness (QED) is 0.525. The highest BCUT2D eigenvalue weighted by molar-refractivity contribution is 5.71. The zero-order chi connectivity index (χ0) is 26.8. The van der Waals surface area contributed by atoms with Crippen molar-refractivity contribution in [2.75, 3.05) is 35.4 Å². The average Bonchev–Trinajstić information content (AvgIpc) is 2.90. The fraction of sp³-hybridized carbons (Fsp3) is 0.552. The average molecular weight is 499 g/mol. The van der Waals surface area contributed by atoms with Crippen molar-refractivity contribution >= 4 is 12.3 Å². The van der Waals surface area contributed by atoms with Crippen LogP contribution in [0, 0.1) is 0 Å². The minimum Gasteiger partial charge on any atom is -0.496 e. The minimum absolute atomic E-state index is 0.0158. The summed E-state index contributed by atoms with van der Waals surface area (Å²) in [5.41, 5.74) is 2.93. The second-order valence-electron chi connectivity index (χ2n) is 9.42. The lowest BCUT2D eigenvalue weighted by molar-refractivity contribution is 0.338. The summed E-state index contributed by atoms with van der Waals surface area (Å²) < 4.78 is 12.8. The number of nitrogens with one attached hydrogen (secondary N) is 2. The molecule has 0 aliphatic carbocycles. The summed E-state index contributed by atoms with van der Waals surface area (Å²) in [7, 11) is 11.1. The molecule has 2 atom stereocenters. The molecule has 2 heterocycles. The van der Waals surface area contributed by atoms with Gasteiger partial charge in [0.05, 0.1) is 25.6 Å². The van der Waals surface area contributed by atoms with Crippen molar-refractivity contribution in [1.29, 1.82) is 0 Å². The summed E-state index contributed by atoms with van der Waals surface area (Å²) >= 11 is 0. The van der Waals surface area contributed by atoms with Crippen LogP contribution in [0.2, 0.25) is 0 Å². The molecule has 0 spiro atoms. The number of hydrogen-bond acceptors (Lipinski definition) is 6. The van der Waals surface area contributed by atoms with Crippen LogP contribution in [0.1, 0.15) is 52.0 Å². The molecule has 1 aromatic heterocycles. The van der Waals surface area contributed by atoms with E-state index in [2.05, 4.69) is 42.4 Å². The molecular weight excluding hydrogens is 452 g/mol. The van der Waals surface area contributed by atoms with Gasteiger partial charge < -0.3 is 24.7 Å². The lowest BCUT2D eigenvalue weighted by atomic mass is 9.98. The molecule has 0 saturated heterocycles. The molecule has 0 amide bonds. The summed E-state index contributed by atoms with van der Waals surface area (Å²) in [5, 5.41) is 8.13. The SMILES string of the molecule is CCCCC(CC)NC.CCc1c(OC)cc(-c2cn(C)c(=O)c3c2=CC(N(C)C)NC=3)cc1OC. The highest BCUT2D eigenvalue weighted by Gasteiger charge is 2.17. The number of ether oxygens (including phenoxy) is 2. The maximum absolute atomic E-state index is 12.6. The zero-order valence-corrected chi connectivity index (χ0v) is 23.7. The Morgan fingerprint density at radius 2 is 1.75 bits per heavy atom. The zero-order valence-electron chi connectivity index (χ0n) is 23.7. The van der Waals surface area contributed by atoms with Gasteiger partial charge in [0.15, 0.2) is 0 Å². The topological polar surface area (TPSA) is 67.8 Å². The lowest BCUT2D eigenvalue weighted by Crippen LogP contribution is -2.53. The van der Waals surface area contributed by atoms with E-state index in [0.29, 0.717) is 5.22 Å². The van der Waals surface area contributed by atoms with E-state index in [1.165, 1.54) is 25.7 Å². The molecule has 0 saturated carbocycles. The largest absolute Gasteiger partial charge is 0.496 e. The predicted octanol–water partition coefficient (Wildman–Crippen LogP) is 2.82. The summed E-state index contributed by atoms with van der Waals surface area (Å²) in [6.07, 6.45) is 11.9. The Morgan fingerprint density at radius 3 is 2.22 bits per heavy atom. The van der Waals surface area contributed by atoms with Gasteiger partial charge in [0.25, 0.3) is 5.56 Å². The first-order valence-corrected chi connectivity index (χ1v) is 13.0. The Bertz CT molecular complexity index is 1140. The predicted molar refractivity (Wildman–Crippen MR) is 151 cm³/mol. The van der Waals surface area contributed by atoms with Crippen LogP contribution in [0.3, 0.4) is 0 Å². The molecule has 0 radical (unpaired) electrons. The molecule has 2 unspecified atom stereocenters. The van der Waals surface area contributed by atoms with E-state index in [4.69, 9.17) is 9.47 Å². The number of rotatable bonds is 10. The van der Waals surface area contributed by atoms with Crippen LogP contribution < -0.4 is 36.1 Å². The van der Waals surface area contributed by atoms with Crippen LogP contribution in [-0.2, 0) is 13.5 Å². The molecular formula is C29H46N4O3. The molecule has 7 nitrogen and oxygen atoms in total. The minimum atomic E-state index is -0.0289. The number of aryl methyl sites for hydroxylation is 1. The van der Waals surface area contributed by atoms with E-state index in [9.17, 15) is 4.79 Å². The molecule has 0 bridgehead atoms. The smallest absolute Gasteiger partial charge is 0.259 e. The van der Waals surface area contributed by atoms with Gasteiger partial charge in [0, 0.05) is 36.6 Å². The summed E-state index contributed by atoms with van der Waals surface area (Å²) in [4.78, 5) is 14.7. The van der Waals surface area contributed by atoms with Crippen LogP contribution in [0.25, 0.3) is 23.4 Å². The van der Waals surface area contributed by atoms with E-state index in [1.807, 2.05) is 39.5 Å². The van der Waals surface area contributed by atoms with Gasteiger partial charge in [-0.15, -0.1) is 0 Å². The molecule has 7 heteroatoms. The van der Waals surface area contributed by atoms with E-state index in [-0.39, 0.29) is 11.7 Å². The molecule has 0 fully saturated rings. The third kappa shape index (κ3) is 6.92. The second kappa shape index (κ2) is 14.1. The monoisotopic (exact) mass is 498 g/mol. The van der Waals surface area contributed by atoms with Gasteiger partial charge in [-0.05, 0) is 69.4 Å². The molecule has 1 aliphatic rings. The van der Waals surface area contributed by atoms with Gasteiger partial charge in [-0.3, -0.25) is 9.69 Å². The maximum atomic E-state index is 12.6. The van der Waals surface area contributed by atoms with E-state index in [1.54, 1.807) is 32.0 Å². The Labute approximate surface area is 216 Å². The first-order chi connectivity index (χ1) is 17.3. The first kappa shape index (κ1) is 29.5. The number of nitrogens with zero attached hydrogens (tertiary/aromatic N) is 2. The number of aromatic nitrogens is 1. The van der Waals surface area contributed by atoms with Gasteiger partial charge in [0.2, 0.25) is 0 Å². The molecule has 1 aromatic carbocycles. The van der Waals surface area contributed by atoms with Crippen molar-refractivity contribution in [3.8, 4) is 22.6 Å². The number of unbranched alkanes of at least 4 members (excludes halogenated alkanes) is 1. The molecule has 2 aromatic rings. The molecule has 1 aliphatic heterocycles. The van der Waals surface area contributed by atoms with E-state index < -0.39 is 0 Å². The van der Waals surface area contributed by atoms with Gasteiger partial charge >= 0.3 is 0 Å². The Hall–Kier alpha value is -2.77. The number of fused-ring (bicyclic) bond motifs is 1. The van der Waals surface area contributed by atoms with Crippen molar-refractivity contribution in [2.24, 2.45) is 7.05 Å². The fourth-order valence-electron chi connectivity index (χ4n) is 4.49. The number of methoxy groups -OCH3 is 2. The molecule has 36 heavy (non-hydrogen) atoms. The van der Waals surface area contributed by atoms with Crippen LogP contribution in [-0.4, -0.2) is 57.0 Å². The summed E-state index contributed by atoms with van der Waals surface area (Å²) in [6, 6.07) is 4.79. The van der Waals surface area contributed by atoms with E-state index in [0.717, 1.165) is 45.9 Å². The Balaban J connectivity index is 0.000000434. The summed E-state index contributed by atoms with van der Waals surface area (Å²) in [5.74, 6) is 1.58. The molecule has 3 rings (SSSR count). The van der Waals surface area contributed by atoms with Crippen molar-refractivity contribution < 1.29 is 9.47 Å². The van der Waals surface area contributed by atoms with Gasteiger partial charge in [0.1, 0.15) is 11.5 Å². The standard InChI is InChI=1S/C21H27N3O3.C8H19N/c1-7-14-18(26-5)8-13(9-19(14)27-6)17-12-24(4)21(25)16-11-22-20(23(2)3)10-15(16)17;1-4-6-7-8(5-2)9-3/h8-12,20,22H,7H2,1-6H3;8-9H,4-7H2,1-3H3. The molecule has 200 valence electrons. The van der Waals surface area contributed by atoms with Crippen molar-refractivity contribution in [3.05, 3.63) is 44.7 Å². The second-order valence-corrected chi connectivity index (χ2v) is 9.42. The van der Waals surface area contributed by atoms with Gasteiger partial charge in [-0.25, -0.2) is 0 Å². The number of benzene rings is 1. The van der Waals surface area contributed by atoms with Crippen LogP contribution in [0.4, 0.5) is 0 Å². The summed E-state index contributed by atoms with van der Waals surface area (Å²) in [6.45, 7) is 6.55. The first-order valence-electron chi connectivity index (χ1n) is 13.0. The number of hydrogen-bond donors (Lipinski definition) is 2. The number of pyridine rings is 1. The normalized spacial score (nSPS) is 15.0. The highest BCUT2D eigenvalue weighted by atomic mass is 16.5. The van der Waals surface area contributed by atoms with E-state index >= 15 is 0 Å².